The summed E-state index contributed by atoms with van der Waals surface area (Å²) in [5, 5.41) is 3.05. The van der Waals surface area contributed by atoms with Gasteiger partial charge >= 0.3 is 0 Å². The molecule has 0 aliphatic heterocycles. The van der Waals surface area contributed by atoms with Gasteiger partial charge < -0.3 is 15.0 Å². The van der Waals surface area contributed by atoms with Crippen molar-refractivity contribution in [3.63, 3.8) is 0 Å². The van der Waals surface area contributed by atoms with Gasteiger partial charge in [0, 0.05) is 19.0 Å². The van der Waals surface area contributed by atoms with Crippen LogP contribution in [0.4, 0.5) is 5.69 Å². The molecule has 0 aliphatic carbocycles. The Balaban J connectivity index is 1.77. The van der Waals surface area contributed by atoms with E-state index in [9.17, 15) is 18.0 Å². The summed E-state index contributed by atoms with van der Waals surface area (Å²) in [5.41, 5.74) is 2.04. The molecule has 0 fully saturated rings. The second kappa shape index (κ2) is 15.2. The van der Waals surface area contributed by atoms with Gasteiger partial charge in [0.2, 0.25) is 11.8 Å². The lowest BCUT2D eigenvalue weighted by molar-refractivity contribution is -0.140. The number of methoxy groups -OCH3 is 1. The summed E-state index contributed by atoms with van der Waals surface area (Å²) in [6.45, 7) is 3.51. The summed E-state index contributed by atoms with van der Waals surface area (Å²) in [5.74, 6) is -0.289. The van der Waals surface area contributed by atoms with Crippen molar-refractivity contribution < 1.29 is 22.7 Å². The van der Waals surface area contributed by atoms with Crippen molar-refractivity contribution in [1.82, 2.24) is 10.2 Å². The summed E-state index contributed by atoms with van der Waals surface area (Å²) in [7, 11) is -2.68. The normalized spacial score (nSPS) is 12.5. The first kappa shape index (κ1) is 32.3. The fourth-order valence-electron chi connectivity index (χ4n) is 4.77. The molecular weight excluding hydrogens is 574 g/mol. The molecule has 0 aromatic heterocycles. The third-order valence-corrected chi connectivity index (χ3v) is 9.23. The van der Waals surface area contributed by atoms with Gasteiger partial charge in [-0.2, -0.15) is 0 Å². The van der Waals surface area contributed by atoms with Gasteiger partial charge in [0.05, 0.1) is 17.7 Å². The number of anilines is 1. The number of rotatable bonds is 14. The molecule has 0 spiro atoms. The van der Waals surface area contributed by atoms with Crippen LogP contribution in [-0.2, 0) is 32.6 Å². The lowest BCUT2D eigenvalue weighted by Crippen LogP contribution is -2.54. The highest BCUT2D eigenvalue weighted by Gasteiger charge is 2.35. The van der Waals surface area contributed by atoms with E-state index in [1.165, 1.54) is 24.1 Å². The van der Waals surface area contributed by atoms with E-state index in [0.29, 0.717) is 11.4 Å². The molecule has 8 nitrogen and oxygen atoms in total. The minimum absolute atomic E-state index is 0.0138. The fourth-order valence-corrected chi connectivity index (χ4v) is 6.19. The Kier molecular flexibility index (Phi) is 11.2. The molecule has 2 atom stereocenters. The Morgan fingerprint density at radius 3 is 1.89 bits per heavy atom. The van der Waals surface area contributed by atoms with E-state index in [2.05, 4.69) is 5.32 Å². The predicted octanol–water partition coefficient (Wildman–Crippen LogP) is 5.45. The van der Waals surface area contributed by atoms with E-state index < -0.39 is 28.5 Å². The fraction of sp³-hybridized carbons (Fsp3) is 0.257. The largest absolute Gasteiger partial charge is 0.497 e. The lowest BCUT2D eigenvalue weighted by Gasteiger charge is -2.34. The monoisotopic (exact) mass is 613 g/mol. The molecule has 2 amide bonds. The van der Waals surface area contributed by atoms with Crippen molar-refractivity contribution in [3.8, 4) is 5.75 Å². The van der Waals surface area contributed by atoms with Crippen LogP contribution in [0, 0.1) is 0 Å². The molecule has 44 heavy (non-hydrogen) atoms. The molecule has 230 valence electrons. The molecule has 9 heteroatoms. The maximum Gasteiger partial charge on any atom is 0.264 e. The lowest BCUT2D eigenvalue weighted by atomic mass is 10.0. The minimum Gasteiger partial charge on any atom is -0.497 e. The highest BCUT2D eigenvalue weighted by atomic mass is 32.2. The van der Waals surface area contributed by atoms with Gasteiger partial charge in [-0.05, 0) is 60.9 Å². The van der Waals surface area contributed by atoms with Gasteiger partial charge in [0.15, 0.2) is 0 Å². The summed E-state index contributed by atoms with van der Waals surface area (Å²) < 4.78 is 34.4. The van der Waals surface area contributed by atoms with Crippen molar-refractivity contribution in [2.24, 2.45) is 0 Å². The highest BCUT2D eigenvalue weighted by Crippen LogP contribution is 2.26. The highest BCUT2D eigenvalue weighted by molar-refractivity contribution is 7.92. The molecule has 0 aliphatic rings. The molecule has 1 N–H and O–H groups in total. The van der Waals surface area contributed by atoms with E-state index in [0.717, 1.165) is 21.9 Å². The first-order valence-electron chi connectivity index (χ1n) is 14.6. The molecule has 0 saturated carbocycles. The van der Waals surface area contributed by atoms with E-state index in [-0.39, 0.29) is 29.8 Å². The summed E-state index contributed by atoms with van der Waals surface area (Å²) in [6, 6.07) is 32.4. The van der Waals surface area contributed by atoms with Crippen LogP contribution in [0.15, 0.2) is 120 Å². The Hall–Kier alpha value is -4.63. The Labute approximate surface area is 260 Å². The van der Waals surface area contributed by atoms with Gasteiger partial charge in [-0.1, -0.05) is 85.8 Å². The van der Waals surface area contributed by atoms with Crippen molar-refractivity contribution in [3.05, 3.63) is 126 Å². The minimum atomic E-state index is -4.18. The van der Waals surface area contributed by atoms with E-state index in [4.69, 9.17) is 4.74 Å². The molecular formula is C35H39N3O5S. The van der Waals surface area contributed by atoms with Gasteiger partial charge in [-0.15, -0.1) is 0 Å². The van der Waals surface area contributed by atoms with E-state index in [1.807, 2.05) is 74.5 Å². The van der Waals surface area contributed by atoms with Crippen LogP contribution in [0.1, 0.15) is 31.4 Å². The van der Waals surface area contributed by atoms with Crippen LogP contribution in [0.5, 0.6) is 5.75 Å². The number of carbonyl (C=O) groups excluding carboxylic acids is 2. The number of hydrogen-bond donors (Lipinski definition) is 1. The standard InChI is InChI=1S/C35H39N3O5S/c1-4-27(2)36-35(40)33(24-28-14-8-5-9-15-28)37(25-29-16-10-6-11-17-29)34(39)26-38(30-18-12-7-13-19-30)44(41,42)32-22-20-31(43-3)21-23-32/h5-23,27,33H,4,24-26H2,1-3H3,(H,36,40)/t27-,33+/m1/s1. The van der Waals surface area contributed by atoms with Crippen LogP contribution in [-0.4, -0.2) is 50.9 Å². The summed E-state index contributed by atoms with van der Waals surface area (Å²) in [6.07, 6.45) is 0.983. The van der Waals surface area contributed by atoms with Crippen molar-refractivity contribution >= 4 is 27.5 Å². The number of carbonyl (C=O) groups is 2. The number of hydrogen-bond acceptors (Lipinski definition) is 5. The third-order valence-electron chi connectivity index (χ3n) is 7.44. The zero-order chi connectivity index (χ0) is 31.5. The Morgan fingerprint density at radius 1 is 0.795 bits per heavy atom. The molecule has 0 bridgehead atoms. The number of para-hydroxylation sites is 1. The summed E-state index contributed by atoms with van der Waals surface area (Å²) in [4.78, 5) is 29.8. The number of nitrogens with zero attached hydrogens (tertiary/aromatic N) is 2. The maximum atomic E-state index is 14.4. The average Bonchev–Trinajstić information content (AvgIpc) is 3.06. The predicted molar refractivity (Wildman–Crippen MR) is 173 cm³/mol. The van der Waals surface area contributed by atoms with Gasteiger partial charge in [-0.25, -0.2) is 8.42 Å². The second-order valence-electron chi connectivity index (χ2n) is 10.6. The van der Waals surface area contributed by atoms with Gasteiger partial charge in [-0.3, -0.25) is 13.9 Å². The zero-order valence-corrected chi connectivity index (χ0v) is 26.1. The number of nitrogens with one attached hydrogen (secondary N) is 1. The second-order valence-corrected chi connectivity index (χ2v) is 12.4. The van der Waals surface area contributed by atoms with Crippen LogP contribution < -0.4 is 14.4 Å². The number of sulfonamides is 1. The zero-order valence-electron chi connectivity index (χ0n) is 25.3. The van der Waals surface area contributed by atoms with E-state index >= 15 is 0 Å². The SMILES string of the molecule is CC[C@@H](C)NC(=O)[C@H](Cc1ccccc1)N(Cc1ccccc1)C(=O)CN(c1ccccc1)S(=O)(=O)c1ccc(OC)cc1. The maximum absolute atomic E-state index is 14.4. The molecule has 4 rings (SSSR count). The molecule has 4 aromatic rings. The van der Waals surface area contributed by atoms with E-state index in [1.54, 1.807) is 42.5 Å². The van der Waals surface area contributed by atoms with Crippen LogP contribution in [0.3, 0.4) is 0 Å². The topological polar surface area (TPSA) is 96.0 Å². The molecule has 0 heterocycles. The average molecular weight is 614 g/mol. The molecule has 0 radical (unpaired) electrons. The third kappa shape index (κ3) is 8.26. The number of ether oxygens (including phenoxy) is 1. The van der Waals surface area contributed by atoms with Gasteiger partial charge in [0.25, 0.3) is 10.0 Å². The Bertz CT molecular complexity index is 1600. The quantitative estimate of drug-likeness (QED) is 0.204. The Morgan fingerprint density at radius 2 is 1.34 bits per heavy atom. The first-order chi connectivity index (χ1) is 21.2. The van der Waals surface area contributed by atoms with Crippen molar-refractivity contribution in [2.75, 3.05) is 18.0 Å². The number of amides is 2. The van der Waals surface area contributed by atoms with Crippen LogP contribution in [0.2, 0.25) is 0 Å². The van der Waals surface area contributed by atoms with Crippen LogP contribution in [0.25, 0.3) is 0 Å². The van der Waals surface area contributed by atoms with Gasteiger partial charge in [0.1, 0.15) is 18.3 Å². The smallest absolute Gasteiger partial charge is 0.264 e. The first-order valence-corrected chi connectivity index (χ1v) is 16.1. The van der Waals surface area contributed by atoms with Crippen LogP contribution >= 0.6 is 0 Å². The molecule has 0 saturated heterocycles. The van der Waals surface area contributed by atoms with Crippen molar-refractivity contribution in [1.29, 1.82) is 0 Å². The molecule has 4 aromatic carbocycles. The number of benzene rings is 4. The molecule has 0 unspecified atom stereocenters. The summed E-state index contributed by atoms with van der Waals surface area (Å²) >= 11 is 0. The van der Waals surface area contributed by atoms with Crippen molar-refractivity contribution in [2.45, 2.75) is 50.2 Å².